The number of hydrogen-bond donors (Lipinski definition) is 2. The summed E-state index contributed by atoms with van der Waals surface area (Å²) in [4.78, 5) is 10.6. The van der Waals surface area contributed by atoms with Gasteiger partial charge in [0.05, 0.1) is 18.0 Å². The summed E-state index contributed by atoms with van der Waals surface area (Å²) in [6.45, 7) is 2.90. The highest BCUT2D eigenvalue weighted by Crippen LogP contribution is 2.17. The van der Waals surface area contributed by atoms with Crippen molar-refractivity contribution in [2.45, 2.75) is 11.8 Å². The Morgan fingerprint density at radius 2 is 1.86 bits per heavy atom. The van der Waals surface area contributed by atoms with Gasteiger partial charge in [-0.05, 0) is 19.1 Å². The second-order valence-electron chi connectivity index (χ2n) is 4.96. The minimum Gasteiger partial charge on any atom is -0.286 e. The molecule has 10 heteroatoms. The van der Waals surface area contributed by atoms with Crippen LogP contribution >= 0.6 is 0 Å². The van der Waals surface area contributed by atoms with Gasteiger partial charge in [-0.3, -0.25) is 10.3 Å². The van der Waals surface area contributed by atoms with Gasteiger partial charge in [0.1, 0.15) is 0 Å². The van der Waals surface area contributed by atoms with Gasteiger partial charge >= 0.3 is 5.96 Å². The SMILES string of the molecule is Cc1ccc(S(=O)(=O)N2CC[N+](=C(N)N[N+](=O)[O-])CC2)cc1. The molecule has 0 unspecified atom stereocenters. The molecule has 1 aliphatic rings. The largest absolute Gasteiger partial charge is 0.406 e. The first-order valence-electron chi connectivity index (χ1n) is 6.66. The lowest BCUT2D eigenvalue weighted by Gasteiger charge is -2.27. The standard InChI is InChI=1S/C12H17N5O4S/c1-10-2-4-11(5-3-10)22(20,21)16-8-6-15(7-9-16)12(13)14-17(18)19/h2-5H,6-9H2,1H3,(H2,13,14)/p+1. The van der Waals surface area contributed by atoms with Crippen LogP contribution in [0.1, 0.15) is 5.56 Å². The Balaban J connectivity index is 2.11. The molecule has 0 amide bonds. The second-order valence-corrected chi connectivity index (χ2v) is 6.90. The van der Waals surface area contributed by atoms with Gasteiger partial charge in [0.15, 0.2) is 0 Å². The highest BCUT2D eigenvalue weighted by Gasteiger charge is 2.29. The van der Waals surface area contributed by atoms with Crippen LogP contribution < -0.4 is 11.2 Å². The van der Waals surface area contributed by atoms with Crippen LogP contribution in [-0.4, -0.2) is 54.5 Å². The molecular weight excluding hydrogens is 310 g/mol. The van der Waals surface area contributed by atoms with Gasteiger partial charge in [0.2, 0.25) is 15.1 Å². The normalized spacial score (nSPS) is 16.3. The predicted octanol–water partition coefficient (Wildman–Crippen LogP) is -0.892. The van der Waals surface area contributed by atoms with E-state index in [2.05, 4.69) is 0 Å². The summed E-state index contributed by atoms with van der Waals surface area (Å²) in [6, 6.07) is 6.64. The van der Waals surface area contributed by atoms with Gasteiger partial charge < -0.3 is 0 Å². The predicted molar refractivity (Wildman–Crippen MR) is 79.3 cm³/mol. The van der Waals surface area contributed by atoms with E-state index in [1.165, 1.54) is 4.31 Å². The topological polar surface area (TPSA) is 122 Å². The number of hydrogen-bond acceptors (Lipinski definition) is 4. The van der Waals surface area contributed by atoms with Crippen LogP contribution in [0.15, 0.2) is 29.2 Å². The van der Waals surface area contributed by atoms with Crippen molar-refractivity contribution in [1.29, 1.82) is 0 Å². The summed E-state index contributed by atoms with van der Waals surface area (Å²) in [5.74, 6) is -0.0858. The molecule has 1 aromatic carbocycles. The number of hydrazine groups is 1. The molecule has 0 aliphatic carbocycles. The van der Waals surface area contributed by atoms with E-state index in [4.69, 9.17) is 5.73 Å². The first-order chi connectivity index (χ1) is 10.3. The number of guanidine groups is 1. The molecule has 1 saturated heterocycles. The molecule has 1 aliphatic heterocycles. The van der Waals surface area contributed by atoms with Crippen LogP contribution in [-0.2, 0) is 10.0 Å². The maximum Gasteiger partial charge on any atom is 0.406 e. The van der Waals surface area contributed by atoms with Crippen LogP contribution in [0.3, 0.4) is 0 Å². The minimum atomic E-state index is -3.55. The van der Waals surface area contributed by atoms with Crippen LogP contribution in [0.25, 0.3) is 0 Å². The quantitative estimate of drug-likeness (QED) is 0.321. The molecule has 120 valence electrons. The number of nitrogens with zero attached hydrogens (tertiary/aromatic N) is 3. The Hall–Kier alpha value is -2.20. The van der Waals surface area contributed by atoms with Crippen LogP contribution in [0.2, 0.25) is 0 Å². The van der Waals surface area contributed by atoms with E-state index in [0.717, 1.165) is 5.56 Å². The molecule has 1 heterocycles. The van der Waals surface area contributed by atoms with Crippen LogP contribution in [0.5, 0.6) is 0 Å². The Bertz CT molecular complexity index is 689. The first-order valence-corrected chi connectivity index (χ1v) is 8.10. The summed E-state index contributed by atoms with van der Waals surface area (Å²) < 4.78 is 27.9. The fourth-order valence-electron chi connectivity index (χ4n) is 2.19. The third kappa shape index (κ3) is 3.52. The summed E-state index contributed by atoms with van der Waals surface area (Å²) in [6.07, 6.45) is 0. The number of aryl methyl sites for hydroxylation is 1. The number of rotatable bonds is 3. The van der Waals surface area contributed by atoms with Gasteiger partial charge in [0.25, 0.3) is 0 Å². The molecule has 0 spiro atoms. The number of sulfonamides is 1. The van der Waals surface area contributed by atoms with Crippen LogP contribution in [0.4, 0.5) is 0 Å². The number of benzene rings is 1. The smallest absolute Gasteiger partial charge is 0.286 e. The molecule has 1 aromatic rings. The molecular formula is C12H18N5O4S+. The van der Waals surface area contributed by atoms with E-state index in [1.807, 2.05) is 12.3 Å². The number of nitro groups is 1. The summed E-state index contributed by atoms with van der Waals surface area (Å²) in [7, 11) is -3.55. The zero-order valence-electron chi connectivity index (χ0n) is 12.1. The summed E-state index contributed by atoms with van der Waals surface area (Å²) >= 11 is 0. The maximum atomic E-state index is 12.5. The van der Waals surface area contributed by atoms with E-state index < -0.39 is 15.1 Å². The van der Waals surface area contributed by atoms with Crippen molar-refractivity contribution in [3.63, 3.8) is 0 Å². The zero-order chi connectivity index (χ0) is 16.3. The second kappa shape index (κ2) is 6.28. The van der Waals surface area contributed by atoms with Crippen molar-refractivity contribution in [3.05, 3.63) is 39.9 Å². The Kier molecular flexibility index (Phi) is 4.62. The minimum absolute atomic E-state index is 0.0858. The van der Waals surface area contributed by atoms with Gasteiger partial charge in [0, 0.05) is 18.5 Å². The van der Waals surface area contributed by atoms with Crippen molar-refractivity contribution in [2.24, 2.45) is 5.73 Å². The fraction of sp³-hybridized carbons (Fsp3) is 0.417. The lowest BCUT2D eigenvalue weighted by Crippen LogP contribution is -2.51. The highest BCUT2D eigenvalue weighted by molar-refractivity contribution is 7.89. The Morgan fingerprint density at radius 3 is 2.36 bits per heavy atom. The molecule has 22 heavy (non-hydrogen) atoms. The van der Waals surface area contributed by atoms with E-state index in [0.29, 0.717) is 0 Å². The van der Waals surface area contributed by atoms with Crippen LogP contribution in [0, 0.1) is 17.0 Å². The zero-order valence-corrected chi connectivity index (χ0v) is 12.9. The fourth-order valence-corrected chi connectivity index (χ4v) is 3.62. The molecule has 1 fully saturated rings. The van der Waals surface area contributed by atoms with Gasteiger partial charge in [-0.2, -0.15) is 4.31 Å². The lowest BCUT2D eigenvalue weighted by molar-refractivity contribution is -0.573. The highest BCUT2D eigenvalue weighted by atomic mass is 32.2. The van der Waals surface area contributed by atoms with E-state index >= 15 is 0 Å². The van der Waals surface area contributed by atoms with E-state index in [1.54, 1.807) is 28.8 Å². The lowest BCUT2D eigenvalue weighted by atomic mass is 10.2. The number of nitrogens with one attached hydrogen (secondary N) is 1. The molecule has 0 atom stereocenters. The third-order valence-corrected chi connectivity index (χ3v) is 5.36. The molecule has 0 aromatic heterocycles. The molecule has 2 rings (SSSR count). The van der Waals surface area contributed by atoms with E-state index in [-0.39, 0.29) is 37.0 Å². The first kappa shape index (κ1) is 16.2. The monoisotopic (exact) mass is 328 g/mol. The van der Waals surface area contributed by atoms with Gasteiger partial charge in [-0.15, -0.1) is 0 Å². The van der Waals surface area contributed by atoms with Crippen molar-refractivity contribution in [3.8, 4) is 0 Å². The van der Waals surface area contributed by atoms with Gasteiger partial charge in [-0.1, -0.05) is 17.7 Å². The number of piperazine rings is 1. The molecule has 9 nitrogen and oxygen atoms in total. The average molecular weight is 328 g/mol. The maximum absolute atomic E-state index is 12.5. The molecule has 0 radical (unpaired) electrons. The average Bonchev–Trinajstić information content (AvgIpc) is 2.47. The Labute approximate surface area is 128 Å². The van der Waals surface area contributed by atoms with E-state index in [9.17, 15) is 18.5 Å². The van der Waals surface area contributed by atoms with Crippen molar-refractivity contribution in [1.82, 2.24) is 9.73 Å². The Morgan fingerprint density at radius 1 is 1.32 bits per heavy atom. The summed E-state index contributed by atoms with van der Waals surface area (Å²) in [5.41, 5.74) is 8.42. The number of nitrogens with two attached hydrogens (primary N) is 1. The van der Waals surface area contributed by atoms with Gasteiger partial charge in [-0.25, -0.2) is 18.5 Å². The van der Waals surface area contributed by atoms with Crippen molar-refractivity contribution >= 4 is 16.0 Å². The molecule has 3 N–H and O–H groups in total. The molecule has 0 bridgehead atoms. The van der Waals surface area contributed by atoms with Crippen molar-refractivity contribution < 1.29 is 18.0 Å². The van der Waals surface area contributed by atoms with Crippen molar-refractivity contribution in [2.75, 3.05) is 26.2 Å². The summed E-state index contributed by atoms with van der Waals surface area (Å²) in [5, 5.41) is 9.60. The third-order valence-electron chi connectivity index (χ3n) is 3.44. The molecule has 0 saturated carbocycles.